The number of amides is 1. The van der Waals surface area contributed by atoms with Crippen molar-refractivity contribution in [3.8, 4) is 6.07 Å². The number of hydrogen-bond donors (Lipinski definition) is 2. The summed E-state index contributed by atoms with van der Waals surface area (Å²) in [7, 11) is -4.09. The van der Waals surface area contributed by atoms with Gasteiger partial charge in [-0.3, -0.25) is 4.79 Å². The van der Waals surface area contributed by atoms with E-state index in [4.69, 9.17) is 0 Å². The van der Waals surface area contributed by atoms with E-state index in [1.807, 2.05) is 6.07 Å². The largest absolute Gasteiger partial charge is 0.480 e. The van der Waals surface area contributed by atoms with Crippen LogP contribution in [0, 0.1) is 11.3 Å². The third-order valence-corrected chi connectivity index (χ3v) is 6.96. The molecule has 1 aliphatic rings. The molecular weight excluding hydrogens is 406 g/mol. The molecule has 8 nitrogen and oxygen atoms in total. The van der Waals surface area contributed by atoms with Gasteiger partial charge in [-0.1, -0.05) is 42.5 Å². The van der Waals surface area contributed by atoms with Gasteiger partial charge in [0.1, 0.15) is 18.2 Å². The van der Waals surface area contributed by atoms with Crippen LogP contribution in [0.3, 0.4) is 0 Å². The Kier molecular flexibility index (Phi) is 6.50. The number of hydrogen-bond acceptors (Lipinski definition) is 5. The summed E-state index contributed by atoms with van der Waals surface area (Å²) in [6, 6.07) is 14.3. The molecule has 3 rings (SSSR count). The Hall–Kier alpha value is -3.22. The quantitative estimate of drug-likeness (QED) is 0.690. The summed E-state index contributed by atoms with van der Waals surface area (Å²) in [5, 5.41) is 21.2. The maximum atomic E-state index is 13.1. The Labute approximate surface area is 174 Å². The predicted octanol–water partition coefficient (Wildman–Crippen LogP) is 1.52. The van der Waals surface area contributed by atoms with Gasteiger partial charge in [0.25, 0.3) is 0 Å². The number of carboxylic acid groups (broad SMARTS) is 1. The average Bonchev–Trinajstić information content (AvgIpc) is 3.25. The lowest BCUT2D eigenvalue weighted by molar-refractivity contribution is -0.142. The molecule has 1 aliphatic heterocycles. The Morgan fingerprint density at radius 2 is 1.83 bits per heavy atom. The second kappa shape index (κ2) is 9.07. The topological polar surface area (TPSA) is 128 Å². The number of benzene rings is 2. The van der Waals surface area contributed by atoms with Crippen molar-refractivity contribution in [1.29, 1.82) is 5.26 Å². The van der Waals surface area contributed by atoms with E-state index in [0.29, 0.717) is 6.42 Å². The maximum absolute atomic E-state index is 13.1. The van der Waals surface area contributed by atoms with Gasteiger partial charge in [0.2, 0.25) is 15.9 Å². The van der Waals surface area contributed by atoms with Gasteiger partial charge in [-0.05, 0) is 30.5 Å². The Morgan fingerprint density at radius 1 is 1.17 bits per heavy atom. The van der Waals surface area contributed by atoms with Gasteiger partial charge in [0.05, 0.1) is 10.5 Å². The summed E-state index contributed by atoms with van der Waals surface area (Å²) in [6.07, 6.45) is 0.818. The monoisotopic (exact) mass is 427 g/mol. The normalized spacial score (nSPS) is 17.8. The molecule has 0 spiro atoms. The first-order valence-corrected chi connectivity index (χ1v) is 10.9. The van der Waals surface area contributed by atoms with Crippen molar-refractivity contribution in [2.45, 2.75) is 36.2 Å². The molecule has 2 unspecified atom stereocenters. The van der Waals surface area contributed by atoms with E-state index < -0.39 is 34.0 Å². The van der Waals surface area contributed by atoms with E-state index in [0.717, 1.165) is 9.87 Å². The Morgan fingerprint density at radius 3 is 2.50 bits per heavy atom. The number of sulfonamides is 1. The summed E-state index contributed by atoms with van der Waals surface area (Å²) >= 11 is 0. The first kappa shape index (κ1) is 21.5. The molecule has 9 heteroatoms. The molecule has 0 aliphatic carbocycles. The van der Waals surface area contributed by atoms with Crippen molar-refractivity contribution in [2.24, 2.45) is 0 Å². The first-order valence-electron chi connectivity index (χ1n) is 9.42. The van der Waals surface area contributed by atoms with Crippen LogP contribution in [0.2, 0.25) is 0 Å². The summed E-state index contributed by atoms with van der Waals surface area (Å²) in [5.41, 5.74) is 0.736. The fraction of sp³-hybridized carbons (Fsp3) is 0.286. The van der Waals surface area contributed by atoms with Crippen molar-refractivity contribution in [2.75, 3.05) is 6.54 Å². The van der Waals surface area contributed by atoms with Crippen molar-refractivity contribution in [3.63, 3.8) is 0 Å². The van der Waals surface area contributed by atoms with Crippen LogP contribution in [0.4, 0.5) is 0 Å². The minimum Gasteiger partial charge on any atom is -0.480 e. The van der Waals surface area contributed by atoms with Gasteiger partial charge in [0, 0.05) is 13.0 Å². The lowest BCUT2D eigenvalue weighted by atomic mass is 10.1. The standard InChI is InChI=1S/C21H21N3O5S/c22-14-16-9-4-5-11-19(16)30(28,29)24-12-6-10-18(24)20(25)23-17(21(26)27)13-15-7-2-1-3-8-15/h1-5,7-9,11,17-18H,6,10,12-13H2,(H,23,25)(H,26,27). The first-order chi connectivity index (χ1) is 14.3. The highest BCUT2D eigenvalue weighted by atomic mass is 32.2. The number of nitrogens with zero attached hydrogens (tertiary/aromatic N) is 2. The zero-order valence-corrected chi connectivity index (χ0v) is 16.9. The van der Waals surface area contributed by atoms with E-state index in [1.165, 1.54) is 18.2 Å². The molecule has 1 fully saturated rings. The van der Waals surface area contributed by atoms with Gasteiger partial charge in [-0.15, -0.1) is 0 Å². The van der Waals surface area contributed by atoms with Crippen molar-refractivity contribution in [1.82, 2.24) is 9.62 Å². The van der Waals surface area contributed by atoms with Crippen LogP contribution in [0.15, 0.2) is 59.5 Å². The highest BCUT2D eigenvalue weighted by Gasteiger charge is 2.41. The number of nitrogens with one attached hydrogen (secondary N) is 1. The van der Waals surface area contributed by atoms with E-state index >= 15 is 0 Å². The molecule has 0 aromatic heterocycles. The van der Waals surface area contributed by atoms with Gasteiger partial charge in [-0.2, -0.15) is 9.57 Å². The number of nitriles is 1. The molecule has 0 radical (unpaired) electrons. The Bertz CT molecular complexity index is 1080. The second-order valence-electron chi connectivity index (χ2n) is 6.97. The van der Waals surface area contributed by atoms with Crippen molar-refractivity contribution >= 4 is 21.9 Å². The summed E-state index contributed by atoms with van der Waals surface area (Å²) in [4.78, 5) is 24.3. The number of rotatable bonds is 7. The molecule has 2 aromatic carbocycles. The third kappa shape index (κ3) is 4.50. The minimum absolute atomic E-state index is 0.00366. The number of aliphatic carboxylic acids is 1. The van der Waals surface area contributed by atoms with Crippen LogP contribution >= 0.6 is 0 Å². The Balaban J connectivity index is 1.81. The lowest BCUT2D eigenvalue weighted by Gasteiger charge is -2.25. The van der Waals surface area contributed by atoms with Crippen molar-refractivity contribution in [3.05, 3.63) is 65.7 Å². The highest BCUT2D eigenvalue weighted by molar-refractivity contribution is 7.89. The summed E-state index contributed by atoms with van der Waals surface area (Å²) in [6.45, 7) is 0.122. The molecule has 1 heterocycles. The molecule has 156 valence electrons. The SMILES string of the molecule is N#Cc1ccccc1S(=O)(=O)N1CCCC1C(=O)NC(Cc1ccccc1)C(=O)O. The van der Waals surface area contributed by atoms with Crippen LogP contribution in [0.5, 0.6) is 0 Å². The zero-order chi connectivity index (χ0) is 21.7. The van der Waals surface area contributed by atoms with E-state index in [9.17, 15) is 28.4 Å². The summed E-state index contributed by atoms with van der Waals surface area (Å²) < 4.78 is 27.3. The smallest absolute Gasteiger partial charge is 0.326 e. The van der Waals surface area contributed by atoms with Gasteiger partial charge < -0.3 is 10.4 Å². The van der Waals surface area contributed by atoms with E-state index in [2.05, 4.69) is 5.32 Å². The van der Waals surface area contributed by atoms with Crippen LogP contribution in [-0.4, -0.2) is 48.3 Å². The van der Waals surface area contributed by atoms with E-state index in [-0.39, 0.29) is 29.8 Å². The predicted molar refractivity (Wildman–Crippen MR) is 108 cm³/mol. The van der Waals surface area contributed by atoms with Crippen LogP contribution in [-0.2, 0) is 26.0 Å². The van der Waals surface area contributed by atoms with Crippen molar-refractivity contribution < 1.29 is 23.1 Å². The van der Waals surface area contributed by atoms with Crippen LogP contribution < -0.4 is 5.32 Å². The summed E-state index contributed by atoms with van der Waals surface area (Å²) in [5.74, 6) is -1.86. The maximum Gasteiger partial charge on any atom is 0.326 e. The molecular formula is C21H21N3O5S. The number of carboxylic acids is 1. The number of carbonyl (C=O) groups is 2. The fourth-order valence-electron chi connectivity index (χ4n) is 3.52. The third-order valence-electron chi connectivity index (χ3n) is 5.00. The van der Waals surface area contributed by atoms with Gasteiger partial charge in [0.15, 0.2) is 0 Å². The molecule has 1 amide bonds. The second-order valence-corrected chi connectivity index (χ2v) is 8.83. The van der Waals surface area contributed by atoms with Gasteiger partial charge >= 0.3 is 5.97 Å². The average molecular weight is 427 g/mol. The van der Waals surface area contributed by atoms with Gasteiger partial charge in [-0.25, -0.2) is 13.2 Å². The zero-order valence-electron chi connectivity index (χ0n) is 16.1. The molecule has 1 saturated heterocycles. The number of carbonyl (C=O) groups excluding carboxylic acids is 1. The van der Waals surface area contributed by atoms with E-state index in [1.54, 1.807) is 36.4 Å². The highest BCUT2D eigenvalue weighted by Crippen LogP contribution is 2.28. The molecule has 2 atom stereocenters. The minimum atomic E-state index is -4.09. The molecule has 0 saturated carbocycles. The lowest BCUT2D eigenvalue weighted by Crippen LogP contribution is -2.51. The van der Waals surface area contributed by atoms with Crippen LogP contribution in [0.1, 0.15) is 24.0 Å². The molecule has 2 aromatic rings. The molecule has 30 heavy (non-hydrogen) atoms. The molecule has 2 N–H and O–H groups in total. The van der Waals surface area contributed by atoms with Crippen LogP contribution in [0.25, 0.3) is 0 Å². The molecule has 0 bridgehead atoms. The fourth-order valence-corrected chi connectivity index (χ4v) is 5.32.